The molecule has 1 saturated carbocycles. The summed E-state index contributed by atoms with van der Waals surface area (Å²) in [5.74, 6) is 2.42. The van der Waals surface area contributed by atoms with Gasteiger partial charge < -0.3 is 14.8 Å². The highest BCUT2D eigenvalue weighted by Crippen LogP contribution is 2.32. The van der Waals surface area contributed by atoms with Crippen molar-refractivity contribution in [2.75, 3.05) is 13.7 Å². The Morgan fingerprint density at radius 2 is 1.96 bits per heavy atom. The molecular formula is C19H24N2O2. The summed E-state index contributed by atoms with van der Waals surface area (Å²) in [6.45, 7) is 3.80. The number of benzene rings is 1. The summed E-state index contributed by atoms with van der Waals surface area (Å²) in [6.07, 6.45) is 6.27. The van der Waals surface area contributed by atoms with Gasteiger partial charge in [0.15, 0.2) is 11.5 Å². The highest BCUT2D eigenvalue weighted by molar-refractivity contribution is 5.44. The maximum atomic E-state index is 5.88. The predicted molar refractivity (Wildman–Crippen MR) is 90.7 cm³/mol. The molecule has 0 saturated heterocycles. The minimum Gasteiger partial charge on any atom is -0.493 e. The molecule has 4 nitrogen and oxygen atoms in total. The molecule has 2 aromatic rings. The Kier molecular flexibility index (Phi) is 5.13. The summed E-state index contributed by atoms with van der Waals surface area (Å²) >= 11 is 0. The van der Waals surface area contributed by atoms with Crippen LogP contribution in [0, 0.1) is 5.92 Å². The fourth-order valence-electron chi connectivity index (χ4n) is 2.50. The van der Waals surface area contributed by atoms with Crippen molar-refractivity contribution in [1.82, 2.24) is 10.3 Å². The zero-order chi connectivity index (χ0) is 16.1. The van der Waals surface area contributed by atoms with E-state index in [9.17, 15) is 0 Å². The molecule has 0 bridgehead atoms. The van der Waals surface area contributed by atoms with Gasteiger partial charge in [-0.3, -0.25) is 4.98 Å². The molecule has 1 fully saturated rings. The molecule has 0 aliphatic heterocycles. The van der Waals surface area contributed by atoms with Crippen molar-refractivity contribution in [3.05, 3.63) is 53.9 Å². The molecular weight excluding hydrogens is 288 g/mol. The SMILES string of the molecule is COc1cc(C(C)NCC2CC2)ccc1OCc1ccncc1. The van der Waals surface area contributed by atoms with Crippen LogP contribution in [0.5, 0.6) is 11.5 Å². The molecule has 1 aromatic heterocycles. The third-order valence-electron chi connectivity index (χ3n) is 4.24. The van der Waals surface area contributed by atoms with Crippen LogP contribution in [0.3, 0.4) is 0 Å². The minimum absolute atomic E-state index is 0.318. The normalized spacial score (nSPS) is 15.2. The average Bonchev–Trinajstić information content (AvgIpc) is 3.43. The maximum absolute atomic E-state index is 5.88. The van der Waals surface area contributed by atoms with Crippen molar-refractivity contribution in [3.8, 4) is 11.5 Å². The van der Waals surface area contributed by atoms with Crippen LogP contribution in [-0.2, 0) is 6.61 Å². The van der Waals surface area contributed by atoms with E-state index in [2.05, 4.69) is 29.4 Å². The van der Waals surface area contributed by atoms with Gasteiger partial charge in [-0.15, -0.1) is 0 Å². The van der Waals surface area contributed by atoms with Gasteiger partial charge in [-0.1, -0.05) is 6.07 Å². The largest absolute Gasteiger partial charge is 0.493 e. The lowest BCUT2D eigenvalue weighted by Crippen LogP contribution is -2.21. The molecule has 1 N–H and O–H groups in total. The van der Waals surface area contributed by atoms with Gasteiger partial charge in [0.2, 0.25) is 0 Å². The Bertz CT molecular complexity index is 627. The van der Waals surface area contributed by atoms with Crippen LogP contribution in [0.4, 0.5) is 0 Å². The second-order valence-corrected chi connectivity index (χ2v) is 6.13. The van der Waals surface area contributed by atoms with E-state index in [1.807, 2.05) is 18.2 Å². The standard InChI is InChI=1S/C19H24N2O2/c1-14(21-12-15-3-4-15)17-5-6-18(19(11-17)22-2)23-13-16-7-9-20-10-8-16/h5-11,14-15,21H,3-4,12-13H2,1-2H3. The van der Waals surface area contributed by atoms with Crippen LogP contribution in [0.15, 0.2) is 42.7 Å². The van der Waals surface area contributed by atoms with Gasteiger partial charge in [-0.2, -0.15) is 0 Å². The van der Waals surface area contributed by atoms with Crippen molar-refractivity contribution in [3.63, 3.8) is 0 Å². The number of nitrogens with zero attached hydrogens (tertiary/aromatic N) is 1. The fraction of sp³-hybridized carbons (Fsp3) is 0.421. The predicted octanol–water partition coefficient (Wildman–Crippen LogP) is 3.73. The third kappa shape index (κ3) is 4.45. The number of hydrogen-bond donors (Lipinski definition) is 1. The number of rotatable bonds is 8. The van der Waals surface area contributed by atoms with Gasteiger partial charge in [-0.05, 0) is 67.6 Å². The summed E-state index contributed by atoms with van der Waals surface area (Å²) in [7, 11) is 1.68. The van der Waals surface area contributed by atoms with Crippen molar-refractivity contribution in [1.29, 1.82) is 0 Å². The molecule has 1 aliphatic carbocycles. The number of pyridine rings is 1. The summed E-state index contributed by atoms with van der Waals surface area (Å²) < 4.78 is 11.4. The highest BCUT2D eigenvalue weighted by atomic mass is 16.5. The molecule has 0 spiro atoms. The Morgan fingerprint density at radius 1 is 1.17 bits per heavy atom. The first-order valence-corrected chi connectivity index (χ1v) is 8.19. The monoisotopic (exact) mass is 312 g/mol. The molecule has 0 radical (unpaired) electrons. The molecule has 1 aromatic carbocycles. The van der Waals surface area contributed by atoms with Crippen LogP contribution in [0.1, 0.15) is 36.9 Å². The second-order valence-electron chi connectivity index (χ2n) is 6.13. The third-order valence-corrected chi connectivity index (χ3v) is 4.24. The van der Waals surface area contributed by atoms with Gasteiger partial charge >= 0.3 is 0 Å². The first kappa shape index (κ1) is 15.8. The maximum Gasteiger partial charge on any atom is 0.161 e. The van der Waals surface area contributed by atoms with Crippen LogP contribution >= 0.6 is 0 Å². The van der Waals surface area contributed by atoms with Crippen LogP contribution in [0.25, 0.3) is 0 Å². The molecule has 0 amide bonds. The number of methoxy groups -OCH3 is 1. The first-order valence-electron chi connectivity index (χ1n) is 8.19. The van der Waals surface area contributed by atoms with E-state index in [1.165, 1.54) is 18.4 Å². The Labute approximate surface area is 137 Å². The van der Waals surface area contributed by atoms with Crippen molar-refractivity contribution in [2.45, 2.75) is 32.4 Å². The molecule has 3 rings (SSSR count). The quantitative estimate of drug-likeness (QED) is 0.806. The van der Waals surface area contributed by atoms with E-state index in [0.29, 0.717) is 12.6 Å². The minimum atomic E-state index is 0.318. The Balaban J connectivity index is 1.63. The molecule has 1 aliphatic rings. The average molecular weight is 312 g/mol. The zero-order valence-corrected chi connectivity index (χ0v) is 13.8. The van der Waals surface area contributed by atoms with Gasteiger partial charge in [0.05, 0.1) is 7.11 Å². The van der Waals surface area contributed by atoms with E-state index >= 15 is 0 Å². The lowest BCUT2D eigenvalue weighted by atomic mass is 10.1. The molecule has 4 heteroatoms. The number of hydrogen-bond acceptors (Lipinski definition) is 4. The van der Waals surface area contributed by atoms with E-state index in [-0.39, 0.29) is 0 Å². The fourth-order valence-corrected chi connectivity index (χ4v) is 2.50. The number of aromatic nitrogens is 1. The second kappa shape index (κ2) is 7.47. The van der Waals surface area contributed by atoms with E-state index in [0.717, 1.165) is 29.5 Å². The molecule has 1 unspecified atom stereocenters. The number of ether oxygens (including phenoxy) is 2. The summed E-state index contributed by atoms with van der Waals surface area (Å²) in [5, 5.41) is 3.59. The molecule has 23 heavy (non-hydrogen) atoms. The van der Waals surface area contributed by atoms with Crippen molar-refractivity contribution >= 4 is 0 Å². The van der Waals surface area contributed by atoms with Crippen LogP contribution in [-0.4, -0.2) is 18.6 Å². The molecule has 1 heterocycles. The van der Waals surface area contributed by atoms with Crippen molar-refractivity contribution < 1.29 is 9.47 Å². The highest BCUT2D eigenvalue weighted by Gasteiger charge is 2.21. The first-order chi connectivity index (χ1) is 11.3. The summed E-state index contributed by atoms with van der Waals surface area (Å²) in [4.78, 5) is 4.01. The Hall–Kier alpha value is -2.07. The van der Waals surface area contributed by atoms with Gasteiger partial charge in [0, 0.05) is 18.4 Å². The van der Waals surface area contributed by atoms with Crippen molar-refractivity contribution in [2.24, 2.45) is 5.92 Å². The van der Waals surface area contributed by atoms with Crippen LogP contribution < -0.4 is 14.8 Å². The van der Waals surface area contributed by atoms with Crippen LogP contribution in [0.2, 0.25) is 0 Å². The lowest BCUT2D eigenvalue weighted by molar-refractivity contribution is 0.284. The Morgan fingerprint density at radius 3 is 2.65 bits per heavy atom. The topological polar surface area (TPSA) is 43.4 Å². The van der Waals surface area contributed by atoms with Gasteiger partial charge in [0.25, 0.3) is 0 Å². The molecule has 122 valence electrons. The van der Waals surface area contributed by atoms with E-state index in [1.54, 1.807) is 19.5 Å². The van der Waals surface area contributed by atoms with E-state index in [4.69, 9.17) is 9.47 Å². The smallest absolute Gasteiger partial charge is 0.161 e. The summed E-state index contributed by atoms with van der Waals surface area (Å²) in [6, 6.07) is 10.4. The van der Waals surface area contributed by atoms with Gasteiger partial charge in [-0.25, -0.2) is 0 Å². The zero-order valence-electron chi connectivity index (χ0n) is 13.8. The summed E-state index contributed by atoms with van der Waals surface area (Å²) in [5.41, 5.74) is 2.31. The van der Waals surface area contributed by atoms with E-state index < -0.39 is 0 Å². The van der Waals surface area contributed by atoms with Gasteiger partial charge in [0.1, 0.15) is 6.61 Å². The molecule has 1 atom stereocenters. The lowest BCUT2D eigenvalue weighted by Gasteiger charge is -2.17. The number of nitrogens with one attached hydrogen (secondary N) is 1.